The van der Waals surface area contributed by atoms with E-state index >= 15 is 0 Å². The molecule has 98 valence electrons. The maximum absolute atomic E-state index is 13.5. The molecule has 3 nitrogen and oxygen atoms in total. The number of aromatic hydroxyl groups is 1. The van der Waals surface area contributed by atoms with Crippen LogP contribution in [-0.2, 0) is 0 Å². The first kappa shape index (κ1) is 11.9. The number of nitrogens with one attached hydrogen (secondary N) is 1. The van der Waals surface area contributed by atoms with Crippen LogP contribution in [-0.4, -0.2) is 36.2 Å². The van der Waals surface area contributed by atoms with Crippen molar-refractivity contribution in [1.29, 1.82) is 0 Å². The SMILES string of the molecule is Oc1ccc([C@@H](C2CC2)N2CCNCC2)cc1F. The van der Waals surface area contributed by atoms with Crippen molar-refractivity contribution >= 4 is 0 Å². The summed E-state index contributed by atoms with van der Waals surface area (Å²) in [6.45, 7) is 4.04. The third kappa shape index (κ3) is 2.35. The summed E-state index contributed by atoms with van der Waals surface area (Å²) >= 11 is 0. The summed E-state index contributed by atoms with van der Waals surface area (Å²) in [6.07, 6.45) is 2.47. The van der Waals surface area contributed by atoms with E-state index < -0.39 is 5.82 Å². The predicted molar refractivity (Wildman–Crippen MR) is 68.0 cm³/mol. The Kier molecular flexibility index (Phi) is 3.22. The highest BCUT2D eigenvalue weighted by Gasteiger charge is 2.36. The Hall–Kier alpha value is -1.13. The molecule has 1 heterocycles. The summed E-state index contributed by atoms with van der Waals surface area (Å²) < 4.78 is 13.5. The third-order valence-electron chi connectivity index (χ3n) is 3.93. The number of phenolic OH excluding ortho intramolecular Hbond substituents is 1. The van der Waals surface area contributed by atoms with E-state index in [0.29, 0.717) is 12.0 Å². The van der Waals surface area contributed by atoms with Gasteiger partial charge in [-0.05, 0) is 36.5 Å². The highest BCUT2D eigenvalue weighted by Crippen LogP contribution is 2.45. The number of hydrogen-bond acceptors (Lipinski definition) is 3. The molecule has 1 aromatic carbocycles. The summed E-state index contributed by atoms with van der Waals surface area (Å²) in [7, 11) is 0. The van der Waals surface area contributed by atoms with Gasteiger partial charge >= 0.3 is 0 Å². The van der Waals surface area contributed by atoms with E-state index in [-0.39, 0.29) is 5.75 Å². The summed E-state index contributed by atoms with van der Waals surface area (Å²) in [4.78, 5) is 2.44. The van der Waals surface area contributed by atoms with Gasteiger partial charge in [-0.25, -0.2) is 4.39 Å². The van der Waals surface area contributed by atoms with Crippen LogP contribution in [0, 0.1) is 11.7 Å². The van der Waals surface area contributed by atoms with Crippen molar-refractivity contribution < 1.29 is 9.50 Å². The second-order valence-electron chi connectivity index (χ2n) is 5.28. The minimum absolute atomic E-state index is 0.256. The molecule has 1 atom stereocenters. The van der Waals surface area contributed by atoms with Crippen molar-refractivity contribution in [3.8, 4) is 5.75 Å². The molecule has 2 aliphatic rings. The largest absolute Gasteiger partial charge is 0.505 e. The van der Waals surface area contributed by atoms with Gasteiger partial charge in [0, 0.05) is 32.2 Å². The third-order valence-corrected chi connectivity index (χ3v) is 3.93. The molecule has 0 spiro atoms. The quantitative estimate of drug-likeness (QED) is 0.860. The number of nitrogens with zero attached hydrogens (tertiary/aromatic N) is 1. The van der Waals surface area contributed by atoms with Crippen LogP contribution < -0.4 is 5.32 Å². The van der Waals surface area contributed by atoms with Crippen LogP contribution in [0.15, 0.2) is 18.2 Å². The first-order valence-corrected chi connectivity index (χ1v) is 6.69. The fourth-order valence-corrected chi connectivity index (χ4v) is 2.86. The summed E-state index contributed by atoms with van der Waals surface area (Å²) in [5.41, 5.74) is 1.01. The van der Waals surface area contributed by atoms with Gasteiger partial charge in [-0.15, -0.1) is 0 Å². The zero-order valence-electron chi connectivity index (χ0n) is 10.4. The zero-order chi connectivity index (χ0) is 12.5. The number of phenols is 1. The molecule has 1 aliphatic carbocycles. The molecule has 2 N–H and O–H groups in total. The fraction of sp³-hybridized carbons (Fsp3) is 0.571. The molecule has 2 fully saturated rings. The van der Waals surface area contributed by atoms with Gasteiger partial charge in [0.25, 0.3) is 0 Å². The van der Waals surface area contributed by atoms with Crippen LogP contribution in [0.25, 0.3) is 0 Å². The van der Waals surface area contributed by atoms with E-state index in [2.05, 4.69) is 10.2 Å². The van der Waals surface area contributed by atoms with Crippen molar-refractivity contribution in [2.75, 3.05) is 26.2 Å². The lowest BCUT2D eigenvalue weighted by Gasteiger charge is -2.35. The van der Waals surface area contributed by atoms with Crippen molar-refractivity contribution in [1.82, 2.24) is 10.2 Å². The maximum Gasteiger partial charge on any atom is 0.165 e. The smallest absolute Gasteiger partial charge is 0.165 e. The molecule has 0 amide bonds. The fourth-order valence-electron chi connectivity index (χ4n) is 2.86. The molecule has 0 aromatic heterocycles. The Balaban J connectivity index is 1.85. The predicted octanol–water partition coefficient (Wildman–Crippen LogP) is 1.89. The summed E-state index contributed by atoms with van der Waals surface area (Å²) in [5.74, 6) is -0.103. The van der Waals surface area contributed by atoms with Crippen molar-refractivity contribution in [2.24, 2.45) is 5.92 Å². The lowest BCUT2D eigenvalue weighted by molar-refractivity contribution is 0.156. The Labute approximate surface area is 107 Å². The van der Waals surface area contributed by atoms with E-state index in [1.165, 1.54) is 25.0 Å². The van der Waals surface area contributed by atoms with E-state index in [1.807, 2.05) is 6.07 Å². The molecule has 0 radical (unpaired) electrons. The Morgan fingerprint density at radius 2 is 2.00 bits per heavy atom. The normalized spacial score (nSPS) is 22.9. The first-order chi connectivity index (χ1) is 8.75. The molecule has 1 saturated carbocycles. The zero-order valence-corrected chi connectivity index (χ0v) is 10.4. The van der Waals surface area contributed by atoms with Crippen molar-refractivity contribution in [3.05, 3.63) is 29.6 Å². The van der Waals surface area contributed by atoms with E-state index in [9.17, 15) is 9.50 Å². The van der Waals surface area contributed by atoms with E-state index in [4.69, 9.17) is 0 Å². The van der Waals surface area contributed by atoms with Gasteiger partial charge in [-0.1, -0.05) is 6.07 Å². The number of rotatable bonds is 3. The lowest BCUT2D eigenvalue weighted by Crippen LogP contribution is -2.45. The van der Waals surface area contributed by atoms with Gasteiger partial charge < -0.3 is 10.4 Å². The second kappa shape index (κ2) is 4.86. The molecule has 1 aliphatic heterocycles. The molecule has 0 bridgehead atoms. The van der Waals surface area contributed by atoms with Gasteiger partial charge in [0.2, 0.25) is 0 Å². The average Bonchev–Trinajstić information content (AvgIpc) is 3.20. The first-order valence-electron chi connectivity index (χ1n) is 6.69. The number of halogens is 1. The molecule has 18 heavy (non-hydrogen) atoms. The molecular formula is C14H19FN2O. The molecular weight excluding hydrogens is 231 g/mol. The topological polar surface area (TPSA) is 35.5 Å². The molecule has 4 heteroatoms. The van der Waals surface area contributed by atoms with Crippen molar-refractivity contribution in [2.45, 2.75) is 18.9 Å². The van der Waals surface area contributed by atoms with Crippen LogP contribution in [0.3, 0.4) is 0 Å². The van der Waals surface area contributed by atoms with Gasteiger partial charge in [-0.2, -0.15) is 0 Å². The summed E-state index contributed by atoms with van der Waals surface area (Å²) in [6, 6.07) is 5.16. The standard InChI is InChI=1S/C14H19FN2O/c15-12-9-11(3-4-13(12)18)14(10-1-2-10)17-7-5-16-6-8-17/h3-4,9-10,14,16,18H,1-2,5-8H2/t14-/m1/s1. The molecule has 3 rings (SSSR count). The number of benzene rings is 1. The molecule has 0 unspecified atom stereocenters. The highest BCUT2D eigenvalue weighted by atomic mass is 19.1. The van der Waals surface area contributed by atoms with Crippen LogP contribution in [0.4, 0.5) is 4.39 Å². The number of piperazine rings is 1. The lowest BCUT2D eigenvalue weighted by atomic mass is 9.99. The summed E-state index contributed by atoms with van der Waals surface area (Å²) in [5, 5.41) is 12.6. The van der Waals surface area contributed by atoms with E-state index in [1.54, 1.807) is 0 Å². The average molecular weight is 250 g/mol. The van der Waals surface area contributed by atoms with Gasteiger partial charge in [0.1, 0.15) is 0 Å². The Morgan fingerprint density at radius 3 is 2.61 bits per heavy atom. The second-order valence-corrected chi connectivity index (χ2v) is 5.28. The van der Waals surface area contributed by atoms with Crippen LogP contribution in [0.1, 0.15) is 24.4 Å². The van der Waals surface area contributed by atoms with Gasteiger partial charge in [0.15, 0.2) is 11.6 Å². The highest BCUT2D eigenvalue weighted by molar-refractivity contribution is 5.31. The van der Waals surface area contributed by atoms with Crippen molar-refractivity contribution in [3.63, 3.8) is 0 Å². The van der Waals surface area contributed by atoms with Crippen LogP contribution >= 0.6 is 0 Å². The minimum atomic E-state index is -0.506. The van der Waals surface area contributed by atoms with Gasteiger partial charge in [-0.3, -0.25) is 4.90 Å². The Bertz CT molecular complexity index is 428. The maximum atomic E-state index is 13.5. The molecule has 1 saturated heterocycles. The van der Waals surface area contributed by atoms with Gasteiger partial charge in [0.05, 0.1) is 0 Å². The van der Waals surface area contributed by atoms with Crippen LogP contribution in [0.2, 0.25) is 0 Å². The number of hydrogen-bond donors (Lipinski definition) is 2. The Morgan fingerprint density at radius 1 is 1.28 bits per heavy atom. The minimum Gasteiger partial charge on any atom is -0.505 e. The monoisotopic (exact) mass is 250 g/mol. The van der Waals surface area contributed by atoms with Crippen LogP contribution in [0.5, 0.6) is 5.75 Å². The van der Waals surface area contributed by atoms with E-state index in [0.717, 1.165) is 31.7 Å². The molecule has 1 aromatic rings.